The molecule has 0 unspecified atom stereocenters. The Labute approximate surface area is 175 Å². The highest BCUT2D eigenvalue weighted by Gasteiger charge is 2.12. The number of hydrogen-bond acceptors (Lipinski definition) is 7. The topological polar surface area (TPSA) is 92.3 Å². The number of amides is 1. The Hall–Kier alpha value is -3.68. The molecule has 0 spiro atoms. The van der Waals surface area contributed by atoms with Crippen molar-refractivity contribution >= 4 is 18.0 Å². The normalized spacial score (nSPS) is 10.4. The summed E-state index contributed by atoms with van der Waals surface area (Å²) in [6.07, 6.45) is 2.75. The molecule has 0 aliphatic heterocycles. The minimum Gasteiger partial charge on any atom is -0.497 e. The van der Waals surface area contributed by atoms with Gasteiger partial charge < -0.3 is 29.0 Å². The van der Waals surface area contributed by atoms with Gasteiger partial charge in [0.05, 0.1) is 28.4 Å². The van der Waals surface area contributed by atoms with E-state index in [1.54, 1.807) is 19.2 Å². The molecule has 2 rings (SSSR count). The molecule has 1 amide bonds. The third-order valence-corrected chi connectivity index (χ3v) is 4.07. The first-order chi connectivity index (χ1) is 14.5. The molecular formula is C22H25NO7. The Morgan fingerprint density at radius 1 is 0.933 bits per heavy atom. The predicted molar refractivity (Wildman–Crippen MR) is 111 cm³/mol. The Kier molecular flexibility index (Phi) is 8.56. The minimum absolute atomic E-state index is 0.300. The third-order valence-electron chi connectivity index (χ3n) is 4.07. The Morgan fingerprint density at radius 2 is 1.63 bits per heavy atom. The van der Waals surface area contributed by atoms with Gasteiger partial charge in [0, 0.05) is 12.6 Å². The van der Waals surface area contributed by atoms with Gasteiger partial charge in [0.1, 0.15) is 5.75 Å². The number of carbonyl (C=O) groups excluding carboxylic acids is 2. The number of esters is 1. The summed E-state index contributed by atoms with van der Waals surface area (Å²) in [5, 5.41) is 2.68. The van der Waals surface area contributed by atoms with Gasteiger partial charge in [-0.15, -0.1) is 0 Å². The van der Waals surface area contributed by atoms with Crippen LogP contribution < -0.4 is 24.3 Å². The molecule has 0 aliphatic carbocycles. The highest BCUT2D eigenvalue weighted by atomic mass is 16.5. The largest absolute Gasteiger partial charge is 0.497 e. The smallest absolute Gasteiger partial charge is 0.331 e. The number of nitrogens with one attached hydrogen (secondary N) is 1. The average Bonchev–Trinajstić information content (AvgIpc) is 2.79. The quantitative estimate of drug-likeness (QED) is 0.471. The second-order valence-corrected chi connectivity index (χ2v) is 6.03. The fraction of sp³-hybridized carbons (Fsp3) is 0.273. The van der Waals surface area contributed by atoms with Crippen LogP contribution in [0.25, 0.3) is 6.08 Å². The molecule has 0 saturated heterocycles. The maximum Gasteiger partial charge on any atom is 0.331 e. The van der Waals surface area contributed by atoms with Gasteiger partial charge in [-0.25, -0.2) is 4.79 Å². The molecule has 30 heavy (non-hydrogen) atoms. The number of hydrogen-bond donors (Lipinski definition) is 1. The zero-order valence-electron chi connectivity index (χ0n) is 17.4. The molecule has 1 N–H and O–H groups in total. The number of benzene rings is 2. The molecule has 0 heterocycles. The number of rotatable bonds is 10. The molecule has 0 radical (unpaired) electrons. The van der Waals surface area contributed by atoms with Crippen molar-refractivity contribution in [2.75, 3.05) is 35.0 Å². The summed E-state index contributed by atoms with van der Waals surface area (Å²) in [7, 11) is 6.09. The summed E-state index contributed by atoms with van der Waals surface area (Å²) in [4.78, 5) is 23.8. The second-order valence-electron chi connectivity index (χ2n) is 6.03. The molecule has 0 aromatic heterocycles. The molecule has 8 heteroatoms. The van der Waals surface area contributed by atoms with E-state index in [4.69, 9.17) is 23.7 Å². The first kappa shape index (κ1) is 22.6. The van der Waals surface area contributed by atoms with Crippen molar-refractivity contribution in [1.82, 2.24) is 5.32 Å². The second kappa shape index (κ2) is 11.4. The summed E-state index contributed by atoms with van der Waals surface area (Å²) in [5.41, 5.74) is 1.51. The molecule has 160 valence electrons. The fourth-order valence-corrected chi connectivity index (χ4v) is 2.58. The molecular weight excluding hydrogens is 390 g/mol. The molecule has 0 bridgehead atoms. The lowest BCUT2D eigenvalue weighted by Gasteiger charge is -2.12. The fourth-order valence-electron chi connectivity index (χ4n) is 2.58. The standard InChI is InChI=1S/C22H25NO7/c1-26-17-7-5-6-16(10-17)13-23-20(24)14-30-21(25)9-8-15-11-18(27-2)22(29-4)19(12-15)28-3/h5-12H,13-14H2,1-4H3,(H,23,24). The lowest BCUT2D eigenvalue weighted by atomic mass is 10.1. The van der Waals surface area contributed by atoms with Crippen LogP contribution in [-0.4, -0.2) is 46.9 Å². The van der Waals surface area contributed by atoms with E-state index in [-0.39, 0.29) is 6.61 Å². The zero-order chi connectivity index (χ0) is 21.9. The zero-order valence-corrected chi connectivity index (χ0v) is 17.4. The van der Waals surface area contributed by atoms with Crippen molar-refractivity contribution in [3.8, 4) is 23.0 Å². The Balaban J connectivity index is 1.87. The summed E-state index contributed by atoms with van der Waals surface area (Å²) in [6.45, 7) is -0.0861. The summed E-state index contributed by atoms with van der Waals surface area (Å²) in [5.74, 6) is 1.01. The average molecular weight is 415 g/mol. The van der Waals surface area contributed by atoms with E-state index >= 15 is 0 Å². The molecule has 0 saturated carbocycles. The van der Waals surface area contributed by atoms with E-state index in [1.165, 1.54) is 33.5 Å². The van der Waals surface area contributed by atoms with Crippen LogP contribution in [0.3, 0.4) is 0 Å². The first-order valence-electron chi connectivity index (χ1n) is 9.05. The number of ether oxygens (including phenoxy) is 5. The highest BCUT2D eigenvalue weighted by Crippen LogP contribution is 2.38. The van der Waals surface area contributed by atoms with Gasteiger partial charge in [0.25, 0.3) is 5.91 Å². The van der Waals surface area contributed by atoms with E-state index in [0.29, 0.717) is 35.1 Å². The van der Waals surface area contributed by atoms with Crippen LogP contribution in [0.5, 0.6) is 23.0 Å². The van der Waals surface area contributed by atoms with Crippen molar-refractivity contribution in [3.63, 3.8) is 0 Å². The van der Waals surface area contributed by atoms with Gasteiger partial charge in [0.2, 0.25) is 5.75 Å². The molecule has 2 aromatic carbocycles. The number of carbonyl (C=O) groups is 2. The highest BCUT2D eigenvalue weighted by molar-refractivity contribution is 5.89. The lowest BCUT2D eigenvalue weighted by Crippen LogP contribution is -2.28. The van der Waals surface area contributed by atoms with Gasteiger partial charge in [-0.3, -0.25) is 4.79 Å². The van der Waals surface area contributed by atoms with Crippen LogP contribution in [0.15, 0.2) is 42.5 Å². The predicted octanol–water partition coefficient (Wildman–Crippen LogP) is 2.59. The van der Waals surface area contributed by atoms with Gasteiger partial charge in [-0.2, -0.15) is 0 Å². The van der Waals surface area contributed by atoms with Crippen molar-refractivity contribution in [3.05, 3.63) is 53.6 Å². The van der Waals surface area contributed by atoms with E-state index < -0.39 is 11.9 Å². The van der Waals surface area contributed by atoms with Crippen LogP contribution in [0.1, 0.15) is 11.1 Å². The molecule has 0 atom stereocenters. The maximum atomic E-state index is 11.9. The van der Waals surface area contributed by atoms with Crippen LogP contribution in [0.2, 0.25) is 0 Å². The monoisotopic (exact) mass is 415 g/mol. The van der Waals surface area contributed by atoms with Gasteiger partial charge in [-0.05, 0) is 41.5 Å². The summed E-state index contributed by atoms with van der Waals surface area (Å²) in [6, 6.07) is 10.7. The van der Waals surface area contributed by atoms with Crippen molar-refractivity contribution < 1.29 is 33.3 Å². The van der Waals surface area contributed by atoms with Crippen molar-refractivity contribution in [2.24, 2.45) is 0 Å². The third kappa shape index (κ3) is 6.44. The van der Waals surface area contributed by atoms with Crippen LogP contribution >= 0.6 is 0 Å². The molecule has 8 nitrogen and oxygen atoms in total. The van der Waals surface area contributed by atoms with Gasteiger partial charge in [0.15, 0.2) is 18.1 Å². The molecule has 2 aromatic rings. The summed E-state index contributed by atoms with van der Waals surface area (Å²) >= 11 is 0. The Morgan fingerprint density at radius 3 is 2.23 bits per heavy atom. The first-order valence-corrected chi connectivity index (χ1v) is 9.05. The SMILES string of the molecule is COc1cccc(CNC(=O)COC(=O)C=Cc2cc(OC)c(OC)c(OC)c2)c1. The lowest BCUT2D eigenvalue weighted by molar-refractivity contribution is -0.143. The van der Waals surface area contributed by atoms with Crippen LogP contribution in [0, 0.1) is 0 Å². The van der Waals surface area contributed by atoms with E-state index in [1.807, 2.05) is 24.3 Å². The van der Waals surface area contributed by atoms with Crippen molar-refractivity contribution in [2.45, 2.75) is 6.54 Å². The van der Waals surface area contributed by atoms with E-state index in [2.05, 4.69) is 5.32 Å². The molecule has 0 fully saturated rings. The van der Waals surface area contributed by atoms with Gasteiger partial charge >= 0.3 is 5.97 Å². The van der Waals surface area contributed by atoms with E-state index in [0.717, 1.165) is 5.56 Å². The summed E-state index contributed by atoms with van der Waals surface area (Å²) < 4.78 is 25.9. The van der Waals surface area contributed by atoms with Crippen LogP contribution in [-0.2, 0) is 20.9 Å². The minimum atomic E-state index is -0.653. The molecule has 0 aliphatic rings. The maximum absolute atomic E-state index is 11.9. The van der Waals surface area contributed by atoms with Gasteiger partial charge in [-0.1, -0.05) is 12.1 Å². The van der Waals surface area contributed by atoms with E-state index in [9.17, 15) is 9.59 Å². The van der Waals surface area contributed by atoms with Crippen molar-refractivity contribution in [1.29, 1.82) is 0 Å². The number of methoxy groups -OCH3 is 4. The Bertz CT molecular complexity index is 883. The van der Waals surface area contributed by atoms with Crippen LogP contribution in [0.4, 0.5) is 0 Å².